The van der Waals surface area contributed by atoms with E-state index in [-0.39, 0.29) is 12.5 Å². The van der Waals surface area contributed by atoms with E-state index in [4.69, 9.17) is 16.2 Å². The van der Waals surface area contributed by atoms with Crippen LogP contribution >= 0.6 is 0 Å². The van der Waals surface area contributed by atoms with Gasteiger partial charge in [-0.3, -0.25) is 9.59 Å². The molecule has 0 aliphatic carbocycles. The molecule has 0 radical (unpaired) electrons. The summed E-state index contributed by atoms with van der Waals surface area (Å²) in [5, 5.41) is 2.07. The van der Waals surface area contributed by atoms with Gasteiger partial charge in [-0.15, -0.1) is 0 Å². The highest BCUT2D eigenvalue weighted by atomic mass is 16.5. The van der Waals surface area contributed by atoms with Crippen molar-refractivity contribution in [3.8, 4) is 5.75 Å². The van der Waals surface area contributed by atoms with E-state index in [9.17, 15) is 9.59 Å². The van der Waals surface area contributed by atoms with Crippen molar-refractivity contribution >= 4 is 22.6 Å². The Morgan fingerprint density at radius 1 is 1.00 bits per heavy atom. The molecular formula is C19H22N2O3. The molecule has 0 aliphatic heterocycles. The first-order valence-corrected chi connectivity index (χ1v) is 7.95. The molecule has 0 atom stereocenters. The minimum atomic E-state index is -0.495. The van der Waals surface area contributed by atoms with Crippen molar-refractivity contribution in [1.82, 2.24) is 0 Å². The lowest BCUT2D eigenvalue weighted by Crippen LogP contribution is -2.19. The molecule has 4 N–H and O–H groups in total. The molecule has 0 saturated heterocycles. The average Bonchev–Trinajstić information content (AvgIpc) is 2.56. The Kier molecular flexibility index (Phi) is 6.37. The van der Waals surface area contributed by atoms with E-state index in [2.05, 4.69) is 0 Å². The fourth-order valence-corrected chi connectivity index (χ4v) is 2.43. The number of carbonyl (C=O) groups excluding carboxylic acids is 2. The first-order chi connectivity index (χ1) is 11.6. The van der Waals surface area contributed by atoms with E-state index in [1.165, 1.54) is 0 Å². The second kappa shape index (κ2) is 8.72. The largest absolute Gasteiger partial charge is 0.488 e. The van der Waals surface area contributed by atoms with E-state index in [1.54, 1.807) is 6.08 Å². The zero-order valence-electron chi connectivity index (χ0n) is 13.5. The third kappa shape index (κ3) is 5.12. The van der Waals surface area contributed by atoms with E-state index in [1.807, 2.05) is 42.5 Å². The van der Waals surface area contributed by atoms with Crippen LogP contribution in [-0.4, -0.2) is 18.4 Å². The van der Waals surface area contributed by atoms with Crippen molar-refractivity contribution in [2.45, 2.75) is 25.7 Å². The second-order valence-corrected chi connectivity index (χ2v) is 5.57. The van der Waals surface area contributed by atoms with Gasteiger partial charge >= 0.3 is 0 Å². The normalized spacial score (nSPS) is 11.4. The van der Waals surface area contributed by atoms with Gasteiger partial charge in [0.15, 0.2) is 0 Å². The molecular weight excluding hydrogens is 304 g/mol. The zero-order chi connectivity index (χ0) is 17.4. The highest BCUT2D eigenvalue weighted by Gasteiger charge is 2.08. The lowest BCUT2D eigenvalue weighted by Gasteiger charge is -2.10. The molecule has 0 aromatic heterocycles. The smallest absolute Gasteiger partial charge is 0.247 e. The maximum absolute atomic E-state index is 11.6. The summed E-state index contributed by atoms with van der Waals surface area (Å²) in [6.45, 7) is 0.124. The molecule has 0 aliphatic rings. The molecule has 2 amide bonds. The van der Waals surface area contributed by atoms with Gasteiger partial charge in [-0.05, 0) is 30.7 Å². The number of carbonyl (C=O) groups is 2. The Morgan fingerprint density at radius 2 is 1.75 bits per heavy atom. The Bertz CT molecular complexity index is 748. The van der Waals surface area contributed by atoms with Gasteiger partial charge in [-0.2, -0.15) is 0 Å². The monoisotopic (exact) mass is 326 g/mol. The molecule has 0 spiro atoms. The van der Waals surface area contributed by atoms with Crippen molar-refractivity contribution in [2.24, 2.45) is 11.5 Å². The Morgan fingerprint density at radius 3 is 2.50 bits per heavy atom. The predicted octanol–water partition coefficient (Wildman–Crippen LogP) is 2.68. The number of allylic oxidation sites excluding steroid dienone is 1. The highest BCUT2D eigenvalue weighted by Crippen LogP contribution is 2.25. The topological polar surface area (TPSA) is 95.4 Å². The van der Waals surface area contributed by atoms with Crippen LogP contribution in [0.5, 0.6) is 5.75 Å². The van der Waals surface area contributed by atoms with Crippen LogP contribution in [0.2, 0.25) is 0 Å². The maximum atomic E-state index is 11.6. The number of hydrogen-bond acceptors (Lipinski definition) is 3. The van der Waals surface area contributed by atoms with Crippen molar-refractivity contribution in [3.63, 3.8) is 0 Å². The van der Waals surface area contributed by atoms with E-state index >= 15 is 0 Å². The van der Waals surface area contributed by atoms with Gasteiger partial charge in [0.05, 0.1) is 0 Å². The van der Waals surface area contributed by atoms with E-state index in [0.29, 0.717) is 30.6 Å². The molecule has 126 valence electrons. The van der Waals surface area contributed by atoms with Crippen molar-refractivity contribution in [2.75, 3.05) is 6.61 Å². The van der Waals surface area contributed by atoms with Crippen LogP contribution in [0, 0.1) is 0 Å². The summed E-state index contributed by atoms with van der Waals surface area (Å²) in [6.07, 6.45) is 4.25. The Balaban J connectivity index is 1.98. The fourth-order valence-electron chi connectivity index (χ4n) is 2.43. The van der Waals surface area contributed by atoms with Gasteiger partial charge in [-0.1, -0.05) is 42.5 Å². The Hall–Kier alpha value is -2.82. The molecule has 5 nitrogen and oxygen atoms in total. The number of hydrogen-bond donors (Lipinski definition) is 2. The summed E-state index contributed by atoms with van der Waals surface area (Å²) in [6, 6.07) is 13.7. The standard InChI is InChI=1S/C19H22N2O3/c20-18(22)12-3-1-2-8-15(19(21)23)13-24-17-11-6-9-14-7-4-5-10-16(14)17/h4-11H,1-3,12-13H2,(H2,20,22)(H2,21,23)/b15-8+. The summed E-state index contributed by atoms with van der Waals surface area (Å²) in [7, 11) is 0. The lowest BCUT2D eigenvalue weighted by molar-refractivity contribution is -0.118. The number of benzene rings is 2. The summed E-state index contributed by atoms with van der Waals surface area (Å²) in [4.78, 5) is 22.2. The lowest BCUT2D eigenvalue weighted by atomic mass is 10.1. The molecule has 0 fully saturated rings. The first kappa shape index (κ1) is 17.5. The van der Waals surface area contributed by atoms with Gasteiger partial charge in [0.25, 0.3) is 0 Å². The van der Waals surface area contributed by atoms with Crippen LogP contribution in [0.1, 0.15) is 25.7 Å². The minimum absolute atomic E-state index is 0.124. The first-order valence-electron chi connectivity index (χ1n) is 7.95. The summed E-state index contributed by atoms with van der Waals surface area (Å²) < 4.78 is 5.79. The van der Waals surface area contributed by atoms with Gasteiger partial charge in [0, 0.05) is 17.4 Å². The third-order valence-corrected chi connectivity index (χ3v) is 3.72. The maximum Gasteiger partial charge on any atom is 0.247 e. The average molecular weight is 326 g/mol. The van der Waals surface area contributed by atoms with Crippen LogP contribution in [0.4, 0.5) is 0 Å². The van der Waals surface area contributed by atoms with Gasteiger partial charge in [0.1, 0.15) is 12.4 Å². The van der Waals surface area contributed by atoms with E-state index in [0.717, 1.165) is 17.2 Å². The van der Waals surface area contributed by atoms with Crippen LogP contribution in [0.25, 0.3) is 10.8 Å². The van der Waals surface area contributed by atoms with Crippen molar-refractivity contribution in [1.29, 1.82) is 0 Å². The fraction of sp³-hybridized carbons (Fsp3) is 0.263. The second-order valence-electron chi connectivity index (χ2n) is 5.57. The SMILES string of the molecule is NC(=O)CCCC/C=C(\COc1cccc2ccccc12)C(N)=O. The van der Waals surface area contributed by atoms with E-state index < -0.39 is 5.91 Å². The molecule has 2 rings (SSSR count). The summed E-state index contributed by atoms with van der Waals surface area (Å²) >= 11 is 0. The third-order valence-electron chi connectivity index (χ3n) is 3.72. The molecule has 0 unspecified atom stereocenters. The molecule has 5 heteroatoms. The molecule has 0 bridgehead atoms. The van der Waals surface area contributed by atoms with Crippen molar-refractivity contribution in [3.05, 3.63) is 54.1 Å². The number of unbranched alkanes of at least 4 members (excludes halogenated alkanes) is 2. The minimum Gasteiger partial charge on any atom is -0.488 e. The number of nitrogens with two attached hydrogens (primary N) is 2. The quantitative estimate of drug-likeness (QED) is 0.548. The van der Waals surface area contributed by atoms with Crippen LogP contribution in [0.3, 0.4) is 0 Å². The molecule has 2 aromatic rings. The summed E-state index contributed by atoms with van der Waals surface area (Å²) in [5.74, 6) is -0.0903. The molecule has 0 heterocycles. The zero-order valence-corrected chi connectivity index (χ0v) is 13.5. The van der Waals surface area contributed by atoms with Gasteiger partial charge in [0.2, 0.25) is 11.8 Å². The summed E-state index contributed by atoms with van der Waals surface area (Å²) in [5.41, 5.74) is 10.9. The molecule has 2 aromatic carbocycles. The molecule has 24 heavy (non-hydrogen) atoms. The number of amides is 2. The predicted molar refractivity (Wildman–Crippen MR) is 94.4 cm³/mol. The van der Waals surface area contributed by atoms with Crippen LogP contribution in [0.15, 0.2) is 54.1 Å². The van der Waals surface area contributed by atoms with Crippen LogP contribution in [-0.2, 0) is 9.59 Å². The number of fused-ring (bicyclic) bond motifs is 1. The van der Waals surface area contributed by atoms with Crippen LogP contribution < -0.4 is 16.2 Å². The number of rotatable bonds is 9. The Labute approximate surface area is 141 Å². The number of ether oxygens (including phenoxy) is 1. The highest BCUT2D eigenvalue weighted by molar-refractivity contribution is 5.92. The molecule has 0 saturated carbocycles. The van der Waals surface area contributed by atoms with Crippen molar-refractivity contribution < 1.29 is 14.3 Å². The van der Waals surface area contributed by atoms with Gasteiger partial charge < -0.3 is 16.2 Å². The van der Waals surface area contributed by atoms with Gasteiger partial charge in [-0.25, -0.2) is 0 Å². The number of primary amides is 2.